The van der Waals surface area contributed by atoms with Gasteiger partial charge < -0.3 is 15.2 Å². The molecule has 2 amide bonds. The maximum Gasteiger partial charge on any atom is 0.222 e. The van der Waals surface area contributed by atoms with E-state index in [0.29, 0.717) is 6.54 Å². The maximum atomic E-state index is 12.3. The quantitative estimate of drug-likeness (QED) is 0.816. The molecule has 0 saturated carbocycles. The van der Waals surface area contributed by atoms with Gasteiger partial charge in [0.25, 0.3) is 0 Å². The van der Waals surface area contributed by atoms with Crippen molar-refractivity contribution in [3.05, 3.63) is 54.1 Å². The molecular formula is C18H24N4O2. The van der Waals surface area contributed by atoms with Crippen LogP contribution < -0.4 is 10.6 Å². The summed E-state index contributed by atoms with van der Waals surface area (Å²) < 4.78 is 1.91. The van der Waals surface area contributed by atoms with Gasteiger partial charge in [0.1, 0.15) is 0 Å². The molecular weight excluding hydrogens is 304 g/mol. The minimum atomic E-state index is -0.330. The van der Waals surface area contributed by atoms with Crippen molar-refractivity contribution in [3.8, 4) is 0 Å². The third-order valence-corrected chi connectivity index (χ3v) is 3.70. The molecule has 0 fully saturated rings. The number of rotatable bonds is 7. The molecule has 6 nitrogen and oxygen atoms in total. The lowest BCUT2D eigenvalue weighted by Gasteiger charge is -2.20. The van der Waals surface area contributed by atoms with Gasteiger partial charge >= 0.3 is 0 Å². The predicted octanol–water partition coefficient (Wildman–Crippen LogP) is 1.96. The van der Waals surface area contributed by atoms with Crippen LogP contribution in [0.15, 0.2) is 43.0 Å². The van der Waals surface area contributed by atoms with Crippen molar-refractivity contribution in [1.82, 2.24) is 20.2 Å². The molecule has 6 heteroatoms. The molecule has 24 heavy (non-hydrogen) atoms. The maximum absolute atomic E-state index is 12.3. The van der Waals surface area contributed by atoms with Crippen molar-refractivity contribution >= 4 is 11.8 Å². The lowest BCUT2D eigenvalue weighted by molar-refractivity contribution is -0.123. The highest BCUT2D eigenvalue weighted by Gasteiger charge is 2.18. The Hall–Kier alpha value is -2.63. The van der Waals surface area contributed by atoms with Crippen molar-refractivity contribution in [2.24, 2.45) is 0 Å². The van der Waals surface area contributed by atoms with Gasteiger partial charge in [-0.2, -0.15) is 0 Å². The summed E-state index contributed by atoms with van der Waals surface area (Å²) in [6, 6.07) is 7.48. The van der Waals surface area contributed by atoms with Gasteiger partial charge in [0.15, 0.2) is 0 Å². The number of hydrogen-bond donors (Lipinski definition) is 2. The van der Waals surface area contributed by atoms with E-state index in [9.17, 15) is 9.59 Å². The normalized spacial score (nSPS) is 13.1. The van der Waals surface area contributed by atoms with Gasteiger partial charge in [-0.25, -0.2) is 4.98 Å². The van der Waals surface area contributed by atoms with E-state index in [1.165, 1.54) is 6.92 Å². The Morgan fingerprint density at radius 2 is 1.92 bits per heavy atom. The van der Waals surface area contributed by atoms with Crippen LogP contribution in [0.5, 0.6) is 0 Å². The van der Waals surface area contributed by atoms with E-state index in [1.54, 1.807) is 12.5 Å². The fourth-order valence-electron chi connectivity index (χ4n) is 2.57. The zero-order valence-corrected chi connectivity index (χ0v) is 14.3. The molecule has 0 unspecified atom stereocenters. The molecule has 0 saturated heterocycles. The van der Waals surface area contributed by atoms with Gasteiger partial charge in [0.2, 0.25) is 11.8 Å². The summed E-state index contributed by atoms with van der Waals surface area (Å²) in [5, 5.41) is 5.81. The number of carbonyl (C=O) groups excluding carboxylic acids is 2. The van der Waals surface area contributed by atoms with E-state index < -0.39 is 0 Å². The number of hydrogen-bond acceptors (Lipinski definition) is 3. The van der Waals surface area contributed by atoms with Crippen LogP contribution in [0.3, 0.4) is 0 Å². The fourth-order valence-corrected chi connectivity index (χ4v) is 2.57. The molecule has 2 aromatic rings. The topological polar surface area (TPSA) is 76.0 Å². The highest BCUT2D eigenvalue weighted by atomic mass is 16.2. The van der Waals surface area contributed by atoms with Crippen LogP contribution in [0.2, 0.25) is 0 Å². The molecule has 2 N–H and O–H groups in total. The Morgan fingerprint density at radius 3 is 2.50 bits per heavy atom. The molecule has 2 rings (SSSR count). The Morgan fingerprint density at radius 1 is 1.21 bits per heavy atom. The first-order chi connectivity index (χ1) is 11.4. The number of benzene rings is 1. The molecule has 1 aromatic carbocycles. The van der Waals surface area contributed by atoms with Gasteiger partial charge in [0, 0.05) is 31.9 Å². The van der Waals surface area contributed by atoms with Crippen LogP contribution in [-0.4, -0.2) is 27.4 Å². The minimum Gasteiger partial charge on any atom is -0.352 e. The number of aromatic nitrogens is 2. The SMILES string of the molecule is CC(=O)N[C@@H](CC(=O)N[C@H](C)Cn1ccnc1)c1ccc(C)cc1. The predicted molar refractivity (Wildman–Crippen MR) is 92.2 cm³/mol. The summed E-state index contributed by atoms with van der Waals surface area (Å²) in [7, 11) is 0. The molecule has 0 aliphatic carbocycles. The van der Waals surface area contributed by atoms with E-state index in [-0.39, 0.29) is 30.3 Å². The van der Waals surface area contributed by atoms with E-state index in [2.05, 4.69) is 15.6 Å². The molecule has 1 aromatic heterocycles. The van der Waals surface area contributed by atoms with E-state index >= 15 is 0 Å². The van der Waals surface area contributed by atoms with Crippen molar-refractivity contribution < 1.29 is 9.59 Å². The van der Waals surface area contributed by atoms with Crippen molar-refractivity contribution in [2.75, 3.05) is 0 Å². The summed E-state index contributed by atoms with van der Waals surface area (Å²) in [6.07, 6.45) is 5.49. The Bertz CT molecular complexity index is 665. The Kier molecular flexibility index (Phi) is 6.12. The first-order valence-corrected chi connectivity index (χ1v) is 8.03. The van der Waals surface area contributed by atoms with Gasteiger partial charge in [-0.15, -0.1) is 0 Å². The van der Waals surface area contributed by atoms with Crippen LogP contribution in [0.4, 0.5) is 0 Å². The smallest absolute Gasteiger partial charge is 0.222 e. The van der Waals surface area contributed by atoms with Gasteiger partial charge in [-0.05, 0) is 19.4 Å². The van der Waals surface area contributed by atoms with Crippen LogP contribution in [0.1, 0.15) is 37.4 Å². The summed E-state index contributed by atoms with van der Waals surface area (Å²) in [6.45, 7) is 6.06. The minimum absolute atomic E-state index is 0.0253. The number of aryl methyl sites for hydroxylation is 1. The molecule has 1 heterocycles. The highest BCUT2D eigenvalue weighted by Crippen LogP contribution is 2.17. The average Bonchev–Trinajstić information content (AvgIpc) is 2.99. The van der Waals surface area contributed by atoms with Crippen LogP contribution in [0, 0.1) is 6.92 Å². The van der Waals surface area contributed by atoms with E-state index in [4.69, 9.17) is 0 Å². The van der Waals surface area contributed by atoms with E-state index in [1.807, 2.05) is 48.9 Å². The Balaban J connectivity index is 1.96. The largest absolute Gasteiger partial charge is 0.352 e. The summed E-state index contributed by atoms with van der Waals surface area (Å²) >= 11 is 0. The first-order valence-electron chi connectivity index (χ1n) is 8.03. The third kappa shape index (κ3) is 5.53. The van der Waals surface area contributed by atoms with E-state index in [0.717, 1.165) is 11.1 Å². The molecule has 0 aliphatic rings. The molecule has 128 valence electrons. The molecule has 2 atom stereocenters. The van der Waals surface area contributed by atoms with Crippen LogP contribution in [-0.2, 0) is 16.1 Å². The standard InChI is InChI=1S/C18H24N4O2/c1-13-4-6-16(7-5-13)17(21-15(3)23)10-18(24)20-14(2)11-22-9-8-19-12-22/h4-9,12,14,17H,10-11H2,1-3H3,(H,20,24)(H,21,23)/t14-,17+/m1/s1. The van der Waals surface area contributed by atoms with Crippen molar-refractivity contribution in [2.45, 2.75) is 45.8 Å². The van der Waals surface area contributed by atoms with Crippen molar-refractivity contribution in [1.29, 1.82) is 0 Å². The number of amides is 2. The van der Waals surface area contributed by atoms with Crippen LogP contribution in [0.25, 0.3) is 0 Å². The number of carbonyl (C=O) groups is 2. The molecule has 0 spiro atoms. The summed E-state index contributed by atoms with van der Waals surface area (Å²) in [5.74, 6) is -0.248. The second-order valence-electron chi connectivity index (χ2n) is 6.10. The number of nitrogens with one attached hydrogen (secondary N) is 2. The zero-order valence-electron chi connectivity index (χ0n) is 14.3. The third-order valence-electron chi connectivity index (χ3n) is 3.70. The molecule has 0 bridgehead atoms. The average molecular weight is 328 g/mol. The lowest BCUT2D eigenvalue weighted by atomic mass is 10.0. The highest BCUT2D eigenvalue weighted by molar-refractivity contribution is 5.79. The first kappa shape index (κ1) is 17.7. The number of nitrogens with zero attached hydrogens (tertiary/aromatic N) is 2. The summed E-state index contributed by atoms with van der Waals surface area (Å²) in [4.78, 5) is 27.8. The Labute approximate surface area is 142 Å². The molecule has 0 radical (unpaired) electrons. The zero-order chi connectivity index (χ0) is 17.5. The second-order valence-corrected chi connectivity index (χ2v) is 6.10. The summed E-state index contributed by atoms with van der Waals surface area (Å²) in [5.41, 5.74) is 2.06. The lowest BCUT2D eigenvalue weighted by Crippen LogP contribution is -2.38. The fraction of sp³-hybridized carbons (Fsp3) is 0.389. The van der Waals surface area contributed by atoms with Crippen LogP contribution >= 0.6 is 0 Å². The van der Waals surface area contributed by atoms with Crippen molar-refractivity contribution in [3.63, 3.8) is 0 Å². The number of imidazole rings is 1. The monoisotopic (exact) mass is 328 g/mol. The van der Waals surface area contributed by atoms with Gasteiger partial charge in [-0.1, -0.05) is 29.8 Å². The molecule has 0 aliphatic heterocycles. The van der Waals surface area contributed by atoms with Gasteiger partial charge in [-0.3, -0.25) is 9.59 Å². The second kappa shape index (κ2) is 8.29. The van der Waals surface area contributed by atoms with Gasteiger partial charge in [0.05, 0.1) is 18.8 Å².